The molecule has 0 saturated heterocycles. The van der Waals surface area contributed by atoms with Crippen LogP contribution in [-0.4, -0.2) is 6.04 Å². The average molecular weight is 330 g/mol. The Morgan fingerprint density at radius 2 is 1.75 bits per heavy atom. The maximum absolute atomic E-state index is 3.66. The number of hydrogen-bond donors (Lipinski definition) is 1. The van der Waals surface area contributed by atoms with Crippen LogP contribution in [0.15, 0.2) is 53.0 Å². The molecule has 0 amide bonds. The summed E-state index contributed by atoms with van der Waals surface area (Å²) in [5, 5.41) is 3.66. The molecule has 1 aliphatic carbocycles. The highest BCUT2D eigenvalue weighted by Gasteiger charge is 2.30. The first-order valence-electron chi connectivity index (χ1n) is 7.26. The fraction of sp³-hybridized carbons (Fsp3) is 0.333. The molecule has 104 valence electrons. The van der Waals surface area contributed by atoms with Crippen molar-refractivity contribution in [2.45, 2.75) is 38.3 Å². The van der Waals surface area contributed by atoms with Crippen LogP contribution in [0.3, 0.4) is 0 Å². The van der Waals surface area contributed by atoms with Crippen molar-refractivity contribution < 1.29 is 0 Å². The minimum atomic E-state index is 0.661. The van der Waals surface area contributed by atoms with Crippen LogP contribution in [0.1, 0.15) is 35.4 Å². The van der Waals surface area contributed by atoms with Crippen LogP contribution in [-0.2, 0) is 6.54 Å². The van der Waals surface area contributed by atoms with E-state index in [-0.39, 0.29) is 0 Å². The Hall–Kier alpha value is -1.12. The lowest BCUT2D eigenvalue weighted by Gasteiger charge is -2.37. The van der Waals surface area contributed by atoms with Crippen LogP contribution < -0.4 is 5.32 Å². The lowest BCUT2D eigenvalue weighted by atomic mass is 9.76. The molecule has 2 heteroatoms. The number of rotatable bonds is 4. The Morgan fingerprint density at radius 3 is 2.45 bits per heavy atom. The molecular weight excluding hydrogens is 310 g/mol. The summed E-state index contributed by atoms with van der Waals surface area (Å²) in [4.78, 5) is 0. The van der Waals surface area contributed by atoms with Gasteiger partial charge < -0.3 is 5.32 Å². The molecule has 2 aromatic carbocycles. The van der Waals surface area contributed by atoms with Gasteiger partial charge >= 0.3 is 0 Å². The molecule has 0 aliphatic heterocycles. The highest BCUT2D eigenvalue weighted by Crippen LogP contribution is 2.40. The molecule has 0 aromatic heterocycles. The van der Waals surface area contributed by atoms with Crippen molar-refractivity contribution in [2.75, 3.05) is 0 Å². The van der Waals surface area contributed by atoms with Gasteiger partial charge in [-0.1, -0.05) is 64.0 Å². The molecule has 20 heavy (non-hydrogen) atoms. The Labute approximate surface area is 129 Å². The smallest absolute Gasteiger partial charge is 0.0210 e. The molecular formula is C18H20BrN. The molecule has 1 N–H and O–H groups in total. The lowest BCUT2D eigenvalue weighted by molar-refractivity contribution is 0.289. The summed E-state index contributed by atoms with van der Waals surface area (Å²) in [6, 6.07) is 18.1. The van der Waals surface area contributed by atoms with Crippen molar-refractivity contribution in [3.8, 4) is 0 Å². The zero-order valence-electron chi connectivity index (χ0n) is 11.8. The van der Waals surface area contributed by atoms with E-state index in [1.807, 2.05) is 0 Å². The minimum Gasteiger partial charge on any atom is -0.310 e. The number of benzene rings is 2. The number of hydrogen-bond acceptors (Lipinski definition) is 1. The zero-order chi connectivity index (χ0) is 13.9. The third-order valence-electron chi connectivity index (χ3n) is 4.20. The van der Waals surface area contributed by atoms with E-state index in [0.717, 1.165) is 6.54 Å². The normalized spacial score (nSPS) is 21.5. The van der Waals surface area contributed by atoms with Gasteiger partial charge in [-0.2, -0.15) is 0 Å². The van der Waals surface area contributed by atoms with Crippen LogP contribution in [0, 0.1) is 6.92 Å². The van der Waals surface area contributed by atoms with Crippen LogP contribution in [0.25, 0.3) is 0 Å². The standard InChI is InChI=1S/C18H20BrN/c1-13-6-8-14(9-7-13)12-20-16-10-15(11-16)17-4-2-3-5-18(17)19/h2-9,15-16,20H,10-12H2,1H3. The van der Waals surface area contributed by atoms with Crippen molar-refractivity contribution in [2.24, 2.45) is 0 Å². The van der Waals surface area contributed by atoms with Gasteiger partial charge in [0, 0.05) is 17.1 Å². The first-order chi connectivity index (χ1) is 9.72. The van der Waals surface area contributed by atoms with Crippen molar-refractivity contribution in [1.29, 1.82) is 0 Å². The quantitative estimate of drug-likeness (QED) is 0.850. The molecule has 0 spiro atoms. The summed E-state index contributed by atoms with van der Waals surface area (Å²) in [6.07, 6.45) is 2.49. The Bertz CT molecular complexity index is 570. The Balaban J connectivity index is 1.49. The first kappa shape index (κ1) is 13.8. The molecule has 0 heterocycles. The second kappa shape index (κ2) is 6.11. The summed E-state index contributed by atoms with van der Waals surface area (Å²) in [5.41, 5.74) is 4.16. The third-order valence-corrected chi connectivity index (χ3v) is 4.92. The highest BCUT2D eigenvalue weighted by atomic mass is 79.9. The maximum Gasteiger partial charge on any atom is 0.0210 e. The van der Waals surface area contributed by atoms with Crippen LogP contribution in [0.5, 0.6) is 0 Å². The molecule has 0 radical (unpaired) electrons. The second-order valence-electron chi connectivity index (χ2n) is 5.75. The van der Waals surface area contributed by atoms with Gasteiger partial charge in [-0.15, -0.1) is 0 Å². The first-order valence-corrected chi connectivity index (χ1v) is 8.05. The summed E-state index contributed by atoms with van der Waals surface area (Å²) in [7, 11) is 0. The lowest BCUT2D eigenvalue weighted by Crippen LogP contribution is -2.39. The van der Waals surface area contributed by atoms with Crippen LogP contribution in [0.4, 0.5) is 0 Å². The molecule has 0 unspecified atom stereocenters. The van der Waals surface area contributed by atoms with E-state index in [9.17, 15) is 0 Å². The minimum absolute atomic E-state index is 0.661. The molecule has 0 atom stereocenters. The van der Waals surface area contributed by atoms with Crippen LogP contribution in [0.2, 0.25) is 0 Å². The summed E-state index contributed by atoms with van der Waals surface area (Å²) in [5.74, 6) is 0.709. The molecule has 3 rings (SSSR count). The topological polar surface area (TPSA) is 12.0 Å². The van der Waals surface area contributed by atoms with Crippen molar-refractivity contribution >= 4 is 15.9 Å². The van der Waals surface area contributed by atoms with Gasteiger partial charge in [0.15, 0.2) is 0 Å². The average Bonchev–Trinajstić information content (AvgIpc) is 2.41. The molecule has 1 fully saturated rings. The molecule has 1 nitrogen and oxygen atoms in total. The fourth-order valence-corrected chi connectivity index (χ4v) is 3.42. The molecule has 1 aliphatic rings. The molecule has 1 saturated carbocycles. The van der Waals surface area contributed by atoms with E-state index in [1.54, 1.807) is 0 Å². The van der Waals surface area contributed by atoms with Gasteiger partial charge in [0.05, 0.1) is 0 Å². The SMILES string of the molecule is Cc1ccc(CNC2CC(c3ccccc3Br)C2)cc1. The Morgan fingerprint density at radius 1 is 1.05 bits per heavy atom. The fourth-order valence-electron chi connectivity index (χ4n) is 2.81. The van der Waals surface area contributed by atoms with Gasteiger partial charge in [0.25, 0.3) is 0 Å². The molecule has 0 bridgehead atoms. The van der Waals surface area contributed by atoms with Gasteiger partial charge in [-0.05, 0) is 42.9 Å². The van der Waals surface area contributed by atoms with Crippen molar-refractivity contribution in [3.63, 3.8) is 0 Å². The monoisotopic (exact) mass is 329 g/mol. The van der Waals surface area contributed by atoms with Crippen molar-refractivity contribution in [3.05, 3.63) is 69.7 Å². The third kappa shape index (κ3) is 3.13. The van der Waals surface area contributed by atoms with Gasteiger partial charge in [0.1, 0.15) is 0 Å². The van der Waals surface area contributed by atoms with E-state index in [4.69, 9.17) is 0 Å². The number of halogens is 1. The van der Waals surface area contributed by atoms with Crippen LogP contribution >= 0.6 is 15.9 Å². The molecule has 2 aromatic rings. The van der Waals surface area contributed by atoms with E-state index >= 15 is 0 Å². The number of aryl methyl sites for hydroxylation is 1. The number of nitrogens with one attached hydrogen (secondary N) is 1. The second-order valence-corrected chi connectivity index (χ2v) is 6.61. The van der Waals surface area contributed by atoms with E-state index in [0.29, 0.717) is 12.0 Å². The summed E-state index contributed by atoms with van der Waals surface area (Å²) < 4.78 is 1.25. The van der Waals surface area contributed by atoms with Gasteiger partial charge in [-0.25, -0.2) is 0 Å². The summed E-state index contributed by atoms with van der Waals surface area (Å²) in [6.45, 7) is 3.11. The predicted molar refractivity (Wildman–Crippen MR) is 87.9 cm³/mol. The maximum atomic E-state index is 3.66. The predicted octanol–water partition coefficient (Wildman–Crippen LogP) is 4.79. The van der Waals surface area contributed by atoms with Gasteiger partial charge in [-0.3, -0.25) is 0 Å². The highest BCUT2D eigenvalue weighted by molar-refractivity contribution is 9.10. The zero-order valence-corrected chi connectivity index (χ0v) is 13.4. The summed E-state index contributed by atoms with van der Waals surface area (Å²) >= 11 is 3.65. The largest absolute Gasteiger partial charge is 0.310 e. The van der Waals surface area contributed by atoms with Crippen molar-refractivity contribution in [1.82, 2.24) is 5.32 Å². The van der Waals surface area contributed by atoms with E-state index in [2.05, 4.69) is 76.7 Å². The van der Waals surface area contributed by atoms with E-state index < -0.39 is 0 Å². The van der Waals surface area contributed by atoms with Gasteiger partial charge in [0.2, 0.25) is 0 Å². The Kier molecular flexibility index (Phi) is 4.23. The van der Waals surface area contributed by atoms with E-state index in [1.165, 1.54) is 34.0 Å².